The Morgan fingerprint density at radius 2 is 1.80 bits per heavy atom. The van der Waals surface area contributed by atoms with Crippen molar-refractivity contribution in [3.63, 3.8) is 0 Å². The fourth-order valence-electron chi connectivity index (χ4n) is 1.19. The summed E-state index contributed by atoms with van der Waals surface area (Å²) in [5.74, 6) is -0.150. The van der Waals surface area contributed by atoms with Crippen molar-refractivity contribution in [1.29, 1.82) is 0 Å². The third kappa shape index (κ3) is 5.85. The molecule has 0 radical (unpaired) electrons. The summed E-state index contributed by atoms with van der Waals surface area (Å²) in [4.78, 5) is 14.0. The number of benzene rings is 1. The van der Waals surface area contributed by atoms with E-state index in [2.05, 4.69) is 24.1 Å². The molecule has 0 bridgehead atoms. The van der Waals surface area contributed by atoms with Crippen molar-refractivity contribution in [2.45, 2.75) is 19.4 Å². The first-order valence-corrected chi connectivity index (χ1v) is 6.40. The van der Waals surface area contributed by atoms with Crippen LogP contribution >= 0.6 is 35.6 Å². The standard InChI is InChI=1S/C13H18Cl2N2O.ClH.H2O/c1-13(2,17(3)4)8-16-12(18)9-5-6-10(14)11(15)7-9;;/h5-7H,8H2,1-4H3,(H,16,18);1H;1H2. The predicted molar refractivity (Wildman–Crippen MR) is 87.4 cm³/mol. The van der Waals surface area contributed by atoms with E-state index in [0.29, 0.717) is 22.2 Å². The molecule has 4 nitrogen and oxygen atoms in total. The Morgan fingerprint density at radius 1 is 1.25 bits per heavy atom. The van der Waals surface area contributed by atoms with Gasteiger partial charge in [-0.3, -0.25) is 4.79 Å². The molecule has 0 unspecified atom stereocenters. The summed E-state index contributed by atoms with van der Waals surface area (Å²) in [5.41, 5.74) is 0.408. The van der Waals surface area contributed by atoms with Crippen molar-refractivity contribution in [3.8, 4) is 0 Å². The van der Waals surface area contributed by atoms with Gasteiger partial charge in [0.25, 0.3) is 5.91 Å². The molecule has 0 spiro atoms. The second-order valence-electron chi connectivity index (χ2n) is 5.02. The lowest BCUT2D eigenvalue weighted by molar-refractivity contribution is 0.0919. The second-order valence-corrected chi connectivity index (χ2v) is 5.83. The van der Waals surface area contributed by atoms with E-state index in [9.17, 15) is 4.79 Å². The summed E-state index contributed by atoms with van der Waals surface area (Å²) in [5, 5.41) is 3.72. The number of nitrogens with one attached hydrogen (secondary N) is 1. The molecular weight excluding hydrogens is 323 g/mol. The highest BCUT2D eigenvalue weighted by Gasteiger charge is 2.21. The number of rotatable bonds is 4. The highest BCUT2D eigenvalue weighted by atomic mass is 35.5. The normalized spacial score (nSPS) is 10.6. The summed E-state index contributed by atoms with van der Waals surface area (Å²) in [6.07, 6.45) is 0. The Labute approximate surface area is 136 Å². The minimum atomic E-state index is -0.150. The van der Waals surface area contributed by atoms with Gasteiger partial charge in [0.15, 0.2) is 0 Å². The van der Waals surface area contributed by atoms with Crippen molar-refractivity contribution in [1.82, 2.24) is 10.2 Å². The van der Waals surface area contributed by atoms with Gasteiger partial charge < -0.3 is 15.7 Å². The predicted octanol–water partition coefficient (Wildman–Crippen LogP) is 2.66. The molecule has 1 aromatic rings. The lowest BCUT2D eigenvalue weighted by Gasteiger charge is -2.32. The molecule has 0 aromatic heterocycles. The van der Waals surface area contributed by atoms with Gasteiger partial charge in [-0.1, -0.05) is 23.2 Å². The molecule has 0 fully saturated rings. The second kappa shape index (κ2) is 8.70. The highest BCUT2D eigenvalue weighted by Crippen LogP contribution is 2.22. The molecule has 116 valence electrons. The largest absolute Gasteiger partial charge is 0.412 e. The Hall–Kier alpha value is -0.520. The van der Waals surface area contributed by atoms with E-state index in [0.717, 1.165) is 0 Å². The first-order chi connectivity index (χ1) is 8.24. The van der Waals surface area contributed by atoms with Gasteiger partial charge in [0.2, 0.25) is 0 Å². The van der Waals surface area contributed by atoms with Crippen LogP contribution in [0.2, 0.25) is 10.0 Å². The van der Waals surface area contributed by atoms with Crippen LogP contribution in [-0.4, -0.2) is 42.5 Å². The van der Waals surface area contributed by atoms with Gasteiger partial charge in [0, 0.05) is 17.6 Å². The molecule has 0 aliphatic heterocycles. The molecule has 7 heteroatoms. The van der Waals surface area contributed by atoms with Crippen LogP contribution in [0.15, 0.2) is 18.2 Å². The fraction of sp³-hybridized carbons (Fsp3) is 0.462. The number of carbonyl (C=O) groups is 1. The summed E-state index contributed by atoms with van der Waals surface area (Å²) in [7, 11) is 3.95. The first kappa shape index (κ1) is 21.8. The minimum absolute atomic E-state index is 0. The molecule has 0 saturated heterocycles. The van der Waals surface area contributed by atoms with Crippen LogP contribution < -0.4 is 5.32 Å². The van der Waals surface area contributed by atoms with Crippen LogP contribution in [0.1, 0.15) is 24.2 Å². The summed E-state index contributed by atoms with van der Waals surface area (Å²) in [6.45, 7) is 4.67. The average Bonchev–Trinajstić information content (AvgIpc) is 2.29. The van der Waals surface area contributed by atoms with Crippen LogP contribution in [0, 0.1) is 0 Å². The smallest absolute Gasteiger partial charge is 0.251 e. The van der Waals surface area contributed by atoms with Crippen molar-refractivity contribution in [2.75, 3.05) is 20.6 Å². The molecule has 0 atom stereocenters. The van der Waals surface area contributed by atoms with E-state index in [1.165, 1.54) is 0 Å². The number of likely N-dealkylation sites (N-methyl/N-ethyl adjacent to an activating group) is 1. The maximum Gasteiger partial charge on any atom is 0.251 e. The van der Waals surface area contributed by atoms with E-state index < -0.39 is 0 Å². The summed E-state index contributed by atoms with van der Waals surface area (Å²) in [6, 6.07) is 4.85. The number of hydrogen-bond donors (Lipinski definition) is 1. The van der Waals surface area contributed by atoms with Crippen LogP contribution in [0.5, 0.6) is 0 Å². The highest BCUT2D eigenvalue weighted by molar-refractivity contribution is 6.42. The van der Waals surface area contributed by atoms with Gasteiger partial charge >= 0.3 is 0 Å². The van der Waals surface area contributed by atoms with Crippen LogP contribution in [0.4, 0.5) is 0 Å². The molecule has 0 aliphatic carbocycles. The monoisotopic (exact) mass is 342 g/mol. The van der Waals surface area contributed by atoms with Crippen molar-refractivity contribution < 1.29 is 10.3 Å². The Bertz CT molecular complexity index is 451. The quantitative estimate of drug-likeness (QED) is 0.913. The number of nitrogens with zero attached hydrogens (tertiary/aromatic N) is 1. The molecule has 3 N–H and O–H groups in total. The minimum Gasteiger partial charge on any atom is -0.412 e. The van der Waals surface area contributed by atoms with Gasteiger partial charge in [-0.15, -0.1) is 12.4 Å². The first-order valence-electron chi connectivity index (χ1n) is 5.65. The van der Waals surface area contributed by atoms with Crippen molar-refractivity contribution >= 4 is 41.5 Å². The molecule has 1 amide bonds. The molecule has 0 heterocycles. The Kier molecular flexibility index (Phi) is 9.47. The van der Waals surface area contributed by atoms with Crippen LogP contribution in [0.3, 0.4) is 0 Å². The van der Waals surface area contributed by atoms with Gasteiger partial charge in [-0.25, -0.2) is 0 Å². The Balaban J connectivity index is 0. The third-order valence-electron chi connectivity index (χ3n) is 3.07. The molecule has 0 aliphatic rings. The maximum atomic E-state index is 11.9. The van der Waals surface area contributed by atoms with Gasteiger partial charge in [-0.05, 0) is 46.1 Å². The zero-order valence-corrected chi connectivity index (χ0v) is 14.3. The lowest BCUT2D eigenvalue weighted by atomic mass is 10.0. The third-order valence-corrected chi connectivity index (χ3v) is 3.81. The molecule has 1 rings (SSSR count). The SMILES string of the molecule is CN(C)C(C)(C)CNC(=O)c1ccc(Cl)c(Cl)c1.Cl.O. The molecular formula is C13H21Cl3N2O2. The van der Waals surface area contributed by atoms with E-state index in [4.69, 9.17) is 23.2 Å². The number of hydrogen-bond acceptors (Lipinski definition) is 2. The van der Waals surface area contributed by atoms with Crippen LogP contribution in [-0.2, 0) is 0 Å². The average molecular weight is 344 g/mol. The fourth-order valence-corrected chi connectivity index (χ4v) is 1.49. The Morgan fingerprint density at radius 3 is 2.25 bits per heavy atom. The molecule has 1 aromatic carbocycles. The van der Waals surface area contributed by atoms with Gasteiger partial charge in [-0.2, -0.15) is 0 Å². The summed E-state index contributed by atoms with van der Waals surface area (Å²) < 4.78 is 0. The zero-order valence-electron chi connectivity index (χ0n) is 12.0. The lowest BCUT2D eigenvalue weighted by Crippen LogP contribution is -2.48. The summed E-state index contributed by atoms with van der Waals surface area (Å²) >= 11 is 11.7. The van der Waals surface area contributed by atoms with E-state index in [-0.39, 0.29) is 29.3 Å². The topological polar surface area (TPSA) is 63.8 Å². The van der Waals surface area contributed by atoms with Crippen molar-refractivity contribution in [2.24, 2.45) is 0 Å². The number of carbonyl (C=O) groups excluding carboxylic acids is 1. The van der Waals surface area contributed by atoms with Gasteiger partial charge in [0.05, 0.1) is 10.0 Å². The molecule has 0 saturated carbocycles. The van der Waals surface area contributed by atoms with Gasteiger partial charge in [0.1, 0.15) is 0 Å². The number of amides is 1. The van der Waals surface area contributed by atoms with Crippen molar-refractivity contribution in [3.05, 3.63) is 33.8 Å². The number of halogens is 3. The molecule has 20 heavy (non-hydrogen) atoms. The van der Waals surface area contributed by atoms with Crippen LogP contribution in [0.25, 0.3) is 0 Å². The van der Waals surface area contributed by atoms with E-state index in [1.54, 1.807) is 18.2 Å². The van der Waals surface area contributed by atoms with E-state index in [1.807, 2.05) is 14.1 Å². The van der Waals surface area contributed by atoms with E-state index >= 15 is 0 Å². The maximum absolute atomic E-state index is 11.9. The zero-order chi connectivity index (χ0) is 13.9.